The molecule has 0 amide bonds. The van der Waals surface area contributed by atoms with E-state index >= 15 is 0 Å². The highest BCUT2D eigenvalue weighted by molar-refractivity contribution is 9.10. The highest BCUT2D eigenvalue weighted by Gasteiger charge is 2.11. The highest BCUT2D eigenvalue weighted by Crippen LogP contribution is 2.21. The highest BCUT2D eigenvalue weighted by atomic mass is 79.9. The van der Waals surface area contributed by atoms with E-state index in [1.165, 1.54) is 0 Å². The third kappa shape index (κ3) is 1.92. The minimum atomic E-state index is 0.613. The summed E-state index contributed by atoms with van der Waals surface area (Å²) in [4.78, 5) is 4.23. The van der Waals surface area contributed by atoms with Gasteiger partial charge in [-0.3, -0.25) is 0 Å². The van der Waals surface area contributed by atoms with Crippen molar-refractivity contribution in [1.29, 1.82) is 0 Å². The molecule has 0 fully saturated rings. The molecule has 0 saturated carbocycles. The molecule has 15 heavy (non-hydrogen) atoms. The molecule has 2 rings (SSSR count). The summed E-state index contributed by atoms with van der Waals surface area (Å²) >= 11 is 9.47. The van der Waals surface area contributed by atoms with Crippen molar-refractivity contribution in [3.05, 3.63) is 39.2 Å². The average Bonchev–Trinajstić information content (AvgIpc) is 2.47. The normalized spacial score (nSPS) is 10.7. The van der Waals surface area contributed by atoms with Gasteiger partial charge in [-0.2, -0.15) is 5.10 Å². The molecule has 0 bridgehead atoms. The van der Waals surface area contributed by atoms with Gasteiger partial charge in [0, 0.05) is 16.2 Å². The van der Waals surface area contributed by atoms with Crippen LogP contribution in [0.5, 0.6) is 0 Å². The largest absolute Gasteiger partial charge is 0.236 e. The Kier molecular flexibility index (Phi) is 2.80. The second-order valence-electron chi connectivity index (χ2n) is 3.25. The van der Waals surface area contributed by atoms with Crippen molar-refractivity contribution >= 4 is 27.5 Å². The van der Waals surface area contributed by atoms with Crippen LogP contribution in [0.25, 0.3) is 5.82 Å². The number of hydrogen-bond donors (Lipinski definition) is 0. The van der Waals surface area contributed by atoms with E-state index in [1.54, 1.807) is 10.9 Å². The van der Waals surface area contributed by atoms with Crippen molar-refractivity contribution in [1.82, 2.24) is 14.8 Å². The maximum atomic E-state index is 6.14. The van der Waals surface area contributed by atoms with Crippen LogP contribution in [0, 0.1) is 13.8 Å². The molecule has 0 N–H and O–H groups in total. The summed E-state index contributed by atoms with van der Waals surface area (Å²) < 4.78 is 2.57. The molecule has 0 aliphatic carbocycles. The van der Waals surface area contributed by atoms with Crippen molar-refractivity contribution in [2.24, 2.45) is 0 Å². The van der Waals surface area contributed by atoms with Crippen molar-refractivity contribution in [3.63, 3.8) is 0 Å². The predicted molar refractivity (Wildman–Crippen MR) is 63.5 cm³/mol. The predicted octanol–water partition coefficient (Wildman–Crippen LogP) is 3.30. The standard InChI is InChI=1S/C10H9BrClN3/c1-6-7(2)14-15(10(6)12)9-4-3-8(11)5-13-9/h3-5H,1-2H3. The van der Waals surface area contributed by atoms with Crippen LogP contribution in [0.4, 0.5) is 0 Å². The van der Waals surface area contributed by atoms with Crippen LogP contribution in [0.3, 0.4) is 0 Å². The van der Waals surface area contributed by atoms with E-state index in [0.717, 1.165) is 21.5 Å². The van der Waals surface area contributed by atoms with E-state index in [1.807, 2.05) is 26.0 Å². The lowest BCUT2D eigenvalue weighted by atomic mass is 10.3. The molecule has 3 nitrogen and oxygen atoms in total. The maximum Gasteiger partial charge on any atom is 0.155 e. The van der Waals surface area contributed by atoms with Gasteiger partial charge in [-0.05, 0) is 41.9 Å². The van der Waals surface area contributed by atoms with E-state index in [9.17, 15) is 0 Å². The van der Waals surface area contributed by atoms with Gasteiger partial charge in [-0.15, -0.1) is 0 Å². The smallest absolute Gasteiger partial charge is 0.155 e. The monoisotopic (exact) mass is 285 g/mol. The Morgan fingerprint density at radius 3 is 2.53 bits per heavy atom. The van der Waals surface area contributed by atoms with Crippen LogP contribution in [-0.2, 0) is 0 Å². The molecule has 0 saturated heterocycles. The number of aryl methyl sites for hydroxylation is 1. The molecule has 2 aromatic heterocycles. The van der Waals surface area contributed by atoms with Crippen LogP contribution in [0.1, 0.15) is 11.3 Å². The summed E-state index contributed by atoms with van der Waals surface area (Å²) in [6.45, 7) is 3.87. The van der Waals surface area contributed by atoms with E-state index in [2.05, 4.69) is 26.0 Å². The second-order valence-corrected chi connectivity index (χ2v) is 4.52. The Bertz CT molecular complexity index is 490. The first-order chi connectivity index (χ1) is 7.09. The zero-order valence-corrected chi connectivity index (χ0v) is 10.7. The zero-order chi connectivity index (χ0) is 11.0. The molecule has 2 heterocycles. The van der Waals surface area contributed by atoms with Crippen molar-refractivity contribution in [2.45, 2.75) is 13.8 Å². The number of pyridine rings is 1. The van der Waals surface area contributed by atoms with Crippen LogP contribution >= 0.6 is 27.5 Å². The molecule has 0 aliphatic rings. The lowest BCUT2D eigenvalue weighted by molar-refractivity contribution is 0.832. The molecule has 0 aromatic carbocycles. The Labute approximate surface area is 101 Å². The Morgan fingerprint density at radius 2 is 2.07 bits per heavy atom. The van der Waals surface area contributed by atoms with Crippen molar-refractivity contribution < 1.29 is 0 Å². The van der Waals surface area contributed by atoms with Gasteiger partial charge in [0.2, 0.25) is 0 Å². The number of hydrogen-bond acceptors (Lipinski definition) is 2. The molecular weight excluding hydrogens is 277 g/mol. The van der Waals surface area contributed by atoms with Gasteiger partial charge in [0.15, 0.2) is 5.82 Å². The first-order valence-electron chi connectivity index (χ1n) is 4.43. The molecule has 0 atom stereocenters. The summed E-state index contributed by atoms with van der Waals surface area (Å²) in [6, 6.07) is 3.77. The molecule has 0 spiro atoms. The van der Waals surface area contributed by atoms with Crippen LogP contribution < -0.4 is 0 Å². The molecule has 2 aromatic rings. The van der Waals surface area contributed by atoms with E-state index in [0.29, 0.717) is 5.15 Å². The summed E-state index contributed by atoms with van der Waals surface area (Å²) in [5.74, 6) is 0.722. The lowest BCUT2D eigenvalue weighted by Crippen LogP contribution is -1.99. The minimum absolute atomic E-state index is 0.613. The summed E-state index contributed by atoms with van der Waals surface area (Å²) in [5.41, 5.74) is 1.91. The third-order valence-electron chi connectivity index (χ3n) is 2.22. The fourth-order valence-corrected chi connectivity index (χ4v) is 1.72. The van der Waals surface area contributed by atoms with Gasteiger partial charge in [0.05, 0.1) is 5.69 Å². The second kappa shape index (κ2) is 3.94. The van der Waals surface area contributed by atoms with Crippen LogP contribution in [0.15, 0.2) is 22.8 Å². The number of halogens is 2. The third-order valence-corrected chi connectivity index (χ3v) is 3.13. The zero-order valence-electron chi connectivity index (χ0n) is 8.33. The Morgan fingerprint density at radius 1 is 1.33 bits per heavy atom. The number of rotatable bonds is 1. The van der Waals surface area contributed by atoms with Crippen molar-refractivity contribution in [2.75, 3.05) is 0 Å². The first kappa shape index (κ1) is 10.6. The van der Waals surface area contributed by atoms with Crippen LogP contribution in [-0.4, -0.2) is 14.8 Å². The lowest BCUT2D eigenvalue weighted by Gasteiger charge is -2.01. The van der Waals surface area contributed by atoms with Gasteiger partial charge >= 0.3 is 0 Å². The molecule has 0 unspecified atom stereocenters. The number of aromatic nitrogens is 3. The van der Waals surface area contributed by atoms with Gasteiger partial charge < -0.3 is 0 Å². The van der Waals surface area contributed by atoms with Gasteiger partial charge in [-0.1, -0.05) is 11.6 Å². The SMILES string of the molecule is Cc1nn(-c2ccc(Br)cn2)c(Cl)c1C. The van der Waals surface area contributed by atoms with E-state index < -0.39 is 0 Å². The quantitative estimate of drug-likeness (QED) is 0.805. The van der Waals surface area contributed by atoms with Gasteiger partial charge in [0.1, 0.15) is 5.15 Å². The Balaban J connectivity index is 2.54. The fraction of sp³-hybridized carbons (Fsp3) is 0.200. The molecule has 0 radical (unpaired) electrons. The fourth-order valence-electron chi connectivity index (χ4n) is 1.22. The summed E-state index contributed by atoms with van der Waals surface area (Å²) in [6.07, 6.45) is 1.72. The van der Waals surface area contributed by atoms with Gasteiger partial charge in [-0.25, -0.2) is 9.67 Å². The van der Waals surface area contributed by atoms with E-state index in [-0.39, 0.29) is 0 Å². The Hall–Kier alpha value is -0.870. The molecule has 0 aliphatic heterocycles. The van der Waals surface area contributed by atoms with Crippen LogP contribution in [0.2, 0.25) is 5.15 Å². The maximum absolute atomic E-state index is 6.14. The summed E-state index contributed by atoms with van der Waals surface area (Å²) in [7, 11) is 0. The molecule has 78 valence electrons. The number of nitrogens with zero attached hydrogens (tertiary/aromatic N) is 3. The van der Waals surface area contributed by atoms with Crippen molar-refractivity contribution in [3.8, 4) is 5.82 Å². The van der Waals surface area contributed by atoms with E-state index in [4.69, 9.17) is 11.6 Å². The topological polar surface area (TPSA) is 30.7 Å². The first-order valence-corrected chi connectivity index (χ1v) is 5.60. The minimum Gasteiger partial charge on any atom is -0.236 e. The average molecular weight is 287 g/mol. The summed E-state index contributed by atoms with van der Waals surface area (Å²) in [5, 5.41) is 4.93. The molecule has 5 heteroatoms. The van der Waals surface area contributed by atoms with Gasteiger partial charge in [0.25, 0.3) is 0 Å². The molecular formula is C10H9BrClN3.